The first kappa shape index (κ1) is 36.5. The van der Waals surface area contributed by atoms with Crippen molar-refractivity contribution < 1.29 is 33.5 Å². The van der Waals surface area contributed by atoms with Crippen molar-refractivity contribution in [3.8, 4) is 0 Å². The number of carbonyl (C=O) groups is 5. The molecule has 3 fully saturated rings. The highest BCUT2D eigenvalue weighted by Gasteiger charge is 2.51. The number of benzene rings is 2. The first-order valence-electron chi connectivity index (χ1n) is 17.1. The maximum atomic E-state index is 13.6. The molecule has 16 heteroatoms. The van der Waals surface area contributed by atoms with Crippen molar-refractivity contribution in [3.05, 3.63) is 64.6 Å². The minimum absolute atomic E-state index is 0.0134. The van der Waals surface area contributed by atoms with Gasteiger partial charge in [0.15, 0.2) is 0 Å². The zero-order valence-electron chi connectivity index (χ0n) is 27.9. The molecule has 1 unspecified atom stereocenters. The number of thioether (sulfide) groups is 1. The normalized spacial score (nSPS) is 22.5. The second kappa shape index (κ2) is 15.9. The van der Waals surface area contributed by atoms with Gasteiger partial charge in [0.1, 0.15) is 11.5 Å². The van der Waals surface area contributed by atoms with Gasteiger partial charge in [0.25, 0.3) is 17.7 Å². The van der Waals surface area contributed by atoms with E-state index in [1.54, 1.807) is 24.3 Å². The number of unbranched alkanes of at least 4 members (excludes halogenated alkanes) is 2. The lowest BCUT2D eigenvalue weighted by molar-refractivity contribution is -0.149. The predicted molar refractivity (Wildman–Crippen MR) is 192 cm³/mol. The fourth-order valence-corrected chi connectivity index (χ4v) is 8.54. The van der Waals surface area contributed by atoms with Gasteiger partial charge in [-0.25, -0.2) is 9.18 Å². The van der Waals surface area contributed by atoms with Crippen LogP contribution in [-0.4, -0.2) is 88.1 Å². The van der Waals surface area contributed by atoms with Gasteiger partial charge in [0.2, 0.25) is 11.5 Å². The van der Waals surface area contributed by atoms with Crippen LogP contribution in [0.2, 0.25) is 5.02 Å². The molecule has 3 saturated heterocycles. The first-order chi connectivity index (χ1) is 24.5. The van der Waals surface area contributed by atoms with Gasteiger partial charge in [-0.3, -0.25) is 19.2 Å². The van der Waals surface area contributed by atoms with Crippen LogP contribution >= 0.6 is 23.4 Å². The predicted octanol–water partition coefficient (Wildman–Crippen LogP) is 3.10. The van der Waals surface area contributed by atoms with E-state index in [1.807, 2.05) is 11.8 Å². The van der Waals surface area contributed by atoms with Gasteiger partial charge in [0.05, 0.1) is 12.1 Å². The number of urea groups is 1. The summed E-state index contributed by atoms with van der Waals surface area (Å²) in [7, 11) is 0. The molecule has 1 aromatic heterocycles. The van der Waals surface area contributed by atoms with Crippen LogP contribution < -0.4 is 31.5 Å². The number of aliphatic hydroxyl groups is 1. The molecule has 6 amide bonds. The van der Waals surface area contributed by atoms with Crippen molar-refractivity contribution in [2.75, 3.05) is 30.3 Å². The Kier molecular flexibility index (Phi) is 11.4. The van der Waals surface area contributed by atoms with E-state index in [9.17, 15) is 33.5 Å². The number of hydrogen-bond acceptors (Lipinski definition) is 7. The maximum Gasteiger partial charge on any atom is 0.315 e. The van der Waals surface area contributed by atoms with Crippen LogP contribution in [0.4, 0.5) is 14.9 Å². The minimum atomic E-state index is -2.29. The number of halogens is 2. The molecule has 3 aromatic rings. The number of aromatic amines is 1. The number of hydrogen-bond donors (Lipinski definition) is 7. The van der Waals surface area contributed by atoms with E-state index >= 15 is 0 Å². The number of fused-ring (bicyclic) bond motifs is 2. The Morgan fingerprint density at radius 2 is 1.80 bits per heavy atom. The van der Waals surface area contributed by atoms with Crippen molar-refractivity contribution in [3.63, 3.8) is 0 Å². The molecule has 0 aliphatic carbocycles. The van der Waals surface area contributed by atoms with E-state index in [0.29, 0.717) is 65.4 Å². The van der Waals surface area contributed by atoms with Crippen LogP contribution in [0.1, 0.15) is 61.0 Å². The highest BCUT2D eigenvalue weighted by Crippen LogP contribution is 2.33. The molecule has 3 aliphatic heterocycles. The average Bonchev–Trinajstić information content (AvgIpc) is 3.86. The molecule has 0 saturated carbocycles. The Labute approximate surface area is 303 Å². The van der Waals surface area contributed by atoms with Crippen molar-refractivity contribution in [1.29, 1.82) is 0 Å². The molecule has 0 bridgehead atoms. The van der Waals surface area contributed by atoms with Gasteiger partial charge in [-0.1, -0.05) is 18.0 Å². The van der Waals surface area contributed by atoms with E-state index in [1.165, 1.54) is 17.0 Å². The highest BCUT2D eigenvalue weighted by atomic mass is 35.5. The molecule has 7 N–H and O–H groups in total. The second-order valence-corrected chi connectivity index (χ2v) is 14.9. The lowest BCUT2D eigenvalue weighted by atomic mass is 10.0. The lowest BCUT2D eigenvalue weighted by Gasteiger charge is -2.22. The Morgan fingerprint density at radius 3 is 2.61 bits per heavy atom. The summed E-state index contributed by atoms with van der Waals surface area (Å²) in [6.07, 6.45) is 4.43. The van der Waals surface area contributed by atoms with E-state index in [-0.39, 0.29) is 54.5 Å². The molecule has 13 nitrogen and oxygen atoms in total. The second-order valence-electron chi connectivity index (χ2n) is 13.2. The Hall–Kier alpha value is -4.34. The number of carbonyl (C=O) groups excluding carboxylic acids is 5. The Balaban J connectivity index is 0.892. The summed E-state index contributed by atoms with van der Waals surface area (Å²) in [6.45, 7) is 0.931. The number of rotatable bonds is 15. The number of amides is 6. The number of H-pyrrole nitrogens is 1. The number of anilines is 1. The summed E-state index contributed by atoms with van der Waals surface area (Å²) in [5.74, 6) is -1.58. The van der Waals surface area contributed by atoms with Crippen molar-refractivity contribution >= 4 is 69.6 Å². The molecule has 2 aromatic carbocycles. The van der Waals surface area contributed by atoms with Gasteiger partial charge >= 0.3 is 6.03 Å². The molecule has 4 heterocycles. The zero-order chi connectivity index (χ0) is 36.1. The number of nitrogens with zero attached hydrogens (tertiary/aromatic N) is 1. The minimum Gasteiger partial charge on any atom is -0.372 e. The summed E-state index contributed by atoms with van der Waals surface area (Å²) < 4.78 is 13.6. The fourth-order valence-electron chi connectivity index (χ4n) is 6.75. The van der Waals surface area contributed by atoms with Crippen molar-refractivity contribution in [1.82, 2.24) is 31.6 Å². The summed E-state index contributed by atoms with van der Waals surface area (Å²) in [5.41, 5.74) is -0.421. The molecule has 0 radical (unpaired) electrons. The Morgan fingerprint density at radius 1 is 1.00 bits per heavy atom. The van der Waals surface area contributed by atoms with E-state index < -0.39 is 23.2 Å². The van der Waals surface area contributed by atoms with Crippen LogP contribution in [0, 0.1) is 5.82 Å². The quantitative estimate of drug-likeness (QED) is 0.0709. The number of aromatic nitrogens is 1. The number of nitrogens with one attached hydrogen (secondary N) is 6. The smallest absolute Gasteiger partial charge is 0.315 e. The van der Waals surface area contributed by atoms with Crippen molar-refractivity contribution in [2.24, 2.45) is 0 Å². The SMILES string of the molecule is O=C(CCCCC1SC[C@@H]2NC(=O)N[C@H]12)NCCCCNC(=O)c1cc2cc(N3CC[C@](O)(C(=O)NCc4cc(F)cc(Cl)c4)C3=O)ccc2[nH]1. The summed E-state index contributed by atoms with van der Waals surface area (Å²) in [6, 6.07) is 10.9. The molecule has 3 aliphatic rings. The Bertz CT molecular complexity index is 1810. The van der Waals surface area contributed by atoms with Gasteiger partial charge in [-0.15, -0.1) is 0 Å². The zero-order valence-corrected chi connectivity index (χ0v) is 29.4. The molecular formula is C35H41ClFN7O6S. The van der Waals surface area contributed by atoms with E-state index in [0.717, 1.165) is 31.1 Å². The largest absolute Gasteiger partial charge is 0.372 e. The van der Waals surface area contributed by atoms with Gasteiger partial charge in [-0.2, -0.15) is 11.8 Å². The summed E-state index contributed by atoms with van der Waals surface area (Å²) in [4.78, 5) is 67.1. The standard InChI is InChI=1S/C35H41ClFN7O6S/c36-22-13-20(14-23(37)17-22)18-40-32(47)35(50)9-12-44(33(35)48)24-7-8-25-21(15-24)16-26(41-25)31(46)39-11-4-3-10-38-29(45)6-2-1-5-28-30-27(19-51-28)42-34(49)43-30/h7-8,13-17,27-28,30,41,50H,1-6,9-12,18-19H2,(H,38,45)(H,39,46)(H,40,47)(H2,42,43,49)/t27-,28?,30-,35-/m0/s1. The first-order valence-corrected chi connectivity index (χ1v) is 18.6. The third-order valence-corrected chi connectivity index (χ3v) is 11.2. The molecule has 6 rings (SSSR count). The summed E-state index contributed by atoms with van der Waals surface area (Å²) in [5, 5.41) is 26.5. The van der Waals surface area contributed by atoms with Crippen LogP contribution in [0.25, 0.3) is 10.9 Å². The molecule has 4 atom stereocenters. The highest BCUT2D eigenvalue weighted by molar-refractivity contribution is 8.00. The van der Waals surface area contributed by atoms with Crippen LogP contribution in [0.3, 0.4) is 0 Å². The fraction of sp³-hybridized carbons (Fsp3) is 0.457. The van der Waals surface area contributed by atoms with Crippen LogP contribution in [0.15, 0.2) is 42.5 Å². The van der Waals surface area contributed by atoms with E-state index in [4.69, 9.17) is 11.6 Å². The topological polar surface area (TPSA) is 185 Å². The van der Waals surface area contributed by atoms with E-state index in [2.05, 4.69) is 31.6 Å². The van der Waals surface area contributed by atoms with Crippen LogP contribution in [-0.2, 0) is 20.9 Å². The summed E-state index contributed by atoms with van der Waals surface area (Å²) >= 11 is 7.74. The third kappa shape index (κ3) is 8.59. The average molecular weight is 742 g/mol. The molecule has 272 valence electrons. The third-order valence-electron chi connectivity index (χ3n) is 9.50. The van der Waals surface area contributed by atoms with Gasteiger partial charge < -0.3 is 41.6 Å². The molecule has 51 heavy (non-hydrogen) atoms. The van der Waals surface area contributed by atoms with Crippen LogP contribution in [0.5, 0.6) is 0 Å². The van der Waals surface area contributed by atoms with Crippen molar-refractivity contribution in [2.45, 2.75) is 74.4 Å². The maximum absolute atomic E-state index is 13.6. The molecule has 0 spiro atoms. The molecular weight excluding hydrogens is 701 g/mol. The van der Waals surface area contributed by atoms with Gasteiger partial charge in [-0.05, 0) is 73.7 Å². The lowest BCUT2D eigenvalue weighted by Crippen LogP contribution is -2.52. The van der Waals surface area contributed by atoms with Gasteiger partial charge in [0, 0.05) is 71.6 Å². The monoisotopic (exact) mass is 741 g/mol.